The number of carbonyl (C=O) groups excluding carboxylic acids is 1. The van der Waals surface area contributed by atoms with Crippen molar-refractivity contribution in [2.75, 3.05) is 32.8 Å². The van der Waals surface area contributed by atoms with Crippen molar-refractivity contribution in [3.8, 4) is 5.75 Å². The third-order valence-corrected chi connectivity index (χ3v) is 4.14. The van der Waals surface area contributed by atoms with E-state index in [1.165, 1.54) is 0 Å². The van der Waals surface area contributed by atoms with Gasteiger partial charge in [-0.25, -0.2) is 0 Å². The molecule has 2 rings (SSSR count). The average Bonchev–Trinajstić information content (AvgIpc) is 2.58. The molecule has 1 aromatic rings. The van der Waals surface area contributed by atoms with Crippen molar-refractivity contribution >= 4 is 5.91 Å². The molecule has 0 unspecified atom stereocenters. The maximum Gasteiger partial charge on any atom is 0.253 e. The summed E-state index contributed by atoms with van der Waals surface area (Å²) in [5.74, 6) is 1.61. The summed E-state index contributed by atoms with van der Waals surface area (Å²) in [6.45, 7) is 8.69. The highest BCUT2D eigenvalue weighted by molar-refractivity contribution is 5.94. The number of piperidine rings is 1. The maximum atomic E-state index is 12.6. The monoisotopic (exact) mass is 304 g/mol. The van der Waals surface area contributed by atoms with Crippen LogP contribution in [0.25, 0.3) is 0 Å². The van der Waals surface area contributed by atoms with Gasteiger partial charge in [0.05, 0.1) is 6.61 Å². The van der Waals surface area contributed by atoms with Crippen LogP contribution in [0.15, 0.2) is 24.3 Å². The van der Waals surface area contributed by atoms with Gasteiger partial charge in [-0.05, 0) is 56.5 Å². The van der Waals surface area contributed by atoms with Crippen LogP contribution in [0.3, 0.4) is 0 Å². The molecule has 4 heteroatoms. The van der Waals surface area contributed by atoms with Crippen molar-refractivity contribution < 1.29 is 9.53 Å². The van der Waals surface area contributed by atoms with Gasteiger partial charge < -0.3 is 15.0 Å². The fraction of sp³-hybridized carbons (Fsp3) is 0.611. The molecule has 1 N–H and O–H groups in total. The fourth-order valence-corrected chi connectivity index (χ4v) is 2.81. The van der Waals surface area contributed by atoms with Gasteiger partial charge >= 0.3 is 0 Å². The van der Waals surface area contributed by atoms with Crippen LogP contribution >= 0.6 is 0 Å². The summed E-state index contributed by atoms with van der Waals surface area (Å²) in [5.41, 5.74) is 0.735. The molecule has 122 valence electrons. The summed E-state index contributed by atoms with van der Waals surface area (Å²) in [4.78, 5) is 14.6. The lowest BCUT2D eigenvalue weighted by Crippen LogP contribution is -2.40. The zero-order valence-electron chi connectivity index (χ0n) is 13.8. The Morgan fingerprint density at radius 2 is 2.09 bits per heavy atom. The van der Waals surface area contributed by atoms with Crippen molar-refractivity contribution in [2.24, 2.45) is 5.92 Å². The second kappa shape index (κ2) is 8.79. The van der Waals surface area contributed by atoms with Gasteiger partial charge in [0.15, 0.2) is 0 Å². The van der Waals surface area contributed by atoms with Gasteiger partial charge in [0.25, 0.3) is 5.91 Å². The molecule has 0 atom stereocenters. The molecule has 1 heterocycles. The molecule has 0 aliphatic carbocycles. The molecule has 0 aromatic heterocycles. The first kappa shape index (κ1) is 16.8. The summed E-state index contributed by atoms with van der Waals surface area (Å²) >= 11 is 0. The standard InChI is InChI=1S/C18H28N2O2/c1-3-12-22-17-7-5-6-16(13-17)18(21)20-10-8-15(9-11-20)14-19-4-2/h5-7,13,15,19H,3-4,8-12,14H2,1-2H3. The van der Waals surface area contributed by atoms with Crippen LogP contribution < -0.4 is 10.1 Å². The first-order valence-corrected chi connectivity index (χ1v) is 8.47. The molecule has 1 aromatic carbocycles. The van der Waals surface area contributed by atoms with E-state index < -0.39 is 0 Å². The lowest BCUT2D eigenvalue weighted by Gasteiger charge is -2.32. The highest BCUT2D eigenvalue weighted by Gasteiger charge is 2.23. The van der Waals surface area contributed by atoms with Crippen LogP contribution in [0.2, 0.25) is 0 Å². The normalized spacial score (nSPS) is 15.8. The molecule has 1 saturated heterocycles. The summed E-state index contributed by atoms with van der Waals surface area (Å²) in [6.07, 6.45) is 3.15. The molecule has 0 bridgehead atoms. The van der Waals surface area contributed by atoms with Gasteiger partial charge in [-0.3, -0.25) is 4.79 Å². The largest absolute Gasteiger partial charge is 0.494 e. The number of hydrogen-bond donors (Lipinski definition) is 1. The van der Waals surface area contributed by atoms with E-state index in [1.807, 2.05) is 29.2 Å². The van der Waals surface area contributed by atoms with Gasteiger partial charge in [0, 0.05) is 18.7 Å². The van der Waals surface area contributed by atoms with Gasteiger partial charge in [-0.2, -0.15) is 0 Å². The summed E-state index contributed by atoms with van der Waals surface area (Å²) in [5, 5.41) is 3.40. The van der Waals surface area contributed by atoms with Crippen LogP contribution in [0, 0.1) is 5.92 Å². The molecule has 0 radical (unpaired) electrons. The highest BCUT2D eigenvalue weighted by Crippen LogP contribution is 2.20. The molecular formula is C18H28N2O2. The molecule has 1 aliphatic rings. The Morgan fingerprint density at radius 3 is 2.77 bits per heavy atom. The zero-order valence-corrected chi connectivity index (χ0v) is 13.8. The Hall–Kier alpha value is -1.55. The lowest BCUT2D eigenvalue weighted by molar-refractivity contribution is 0.0690. The number of benzene rings is 1. The minimum absolute atomic E-state index is 0.129. The molecule has 1 fully saturated rings. The van der Waals surface area contributed by atoms with Crippen molar-refractivity contribution in [1.82, 2.24) is 10.2 Å². The second-order valence-corrected chi connectivity index (χ2v) is 5.92. The number of likely N-dealkylation sites (tertiary alicyclic amines) is 1. The number of nitrogens with zero attached hydrogens (tertiary/aromatic N) is 1. The predicted octanol–water partition coefficient (Wildman–Crippen LogP) is 2.94. The quantitative estimate of drug-likeness (QED) is 0.842. The highest BCUT2D eigenvalue weighted by atomic mass is 16.5. The Balaban J connectivity index is 1.89. The Kier molecular flexibility index (Phi) is 6.72. The minimum atomic E-state index is 0.129. The summed E-state index contributed by atoms with van der Waals surface area (Å²) < 4.78 is 5.62. The van der Waals surface area contributed by atoms with Crippen LogP contribution in [0.5, 0.6) is 5.75 Å². The summed E-state index contributed by atoms with van der Waals surface area (Å²) in [7, 11) is 0. The van der Waals surface area contributed by atoms with E-state index in [-0.39, 0.29) is 5.91 Å². The maximum absolute atomic E-state index is 12.6. The van der Waals surface area contributed by atoms with E-state index in [0.717, 1.165) is 56.8 Å². The topological polar surface area (TPSA) is 41.6 Å². The molecule has 1 amide bonds. The first-order valence-electron chi connectivity index (χ1n) is 8.47. The fourth-order valence-electron chi connectivity index (χ4n) is 2.81. The minimum Gasteiger partial charge on any atom is -0.494 e. The van der Waals surface area contributed by atoms with Crippen LogP contribution in [0.1, 0.15) is 43.5 Å². The van der Waals surface area contributed by atoms with Crippen LogP contribution in [0.4, 0.5) is 0 Å². The number of carbonyl (C=O) groups is 1. The number of ether oxygens (including phenoxy) is 1. The molecule has 4 nitrogen and oxygen atoms in total. The zero-order chi connectivity index (χ0) is 15.8. The third-order valence-electron chi connectivity index (χ3n) is 4.14. The number of hydrogen-bond acceptors (Lipinski definition) is 3. The predicted molar refractivity (Wildman–Crippen MR) is 89.4 cm³/mol. The molecule has 0 saturated carbocycles. The SMILES string of the molecule is CCCOc1cccc(C(=O)N2CCC(CNCC)CC2)c1. The van der Waals surface area contributed by atoms with E-state index >= 15 is 0 Å². The Bertz CT molecular complexity index is 468. The Labute approximate surface area is 133 Å². The van der Waals surface area contributed by atoms with E-state index in [2.05, 4.69) is 19.2 Å². The average molecular weight is 304 g/mol. The number of rotatable bonds is 7. The van der Waals surface area contributed by atoms with E-state index in [0.29, 0.717) is 12.5 Å². The lowest BCUT2D eigenvalue weighted by atomic mass is 9.96. The molecular weight excluding hydrogens is 276 g/mol. The smallest absolute Gasteiger partial charge is 0.253 e. The third kappa shape index (κ3) is 4.73. The molecule has 1 aliphatic heterocycles. The molecule has 0 spiro atoms. The van der Waals surface area contributed by atoms with Gasteiger partial charge in [-0.15, -0.1) is 0 Å². The van der Waals surface area contributed by atoms with E-state index in [4.69, 9.17) is 4.74 Å². The first-order chi connectivity index (χ1) is 10.7. The number of amides is 1. The number of nitrogens with one attached hydrogen (secondary N) is 1. The Morgan fingerprint density at radius 1 is 1.32 bits per heavy atom. The van der Waals surface area contributed by atoms with Gasteiger partial charge in [0.2, 0.25) is 0 Å². The summed E-state index contributed by atoms with van der Waals surface area (Å²) in [6, 6.07) is 7.56. The van der Waals surface area contributed by atoms with Crippen molar-refractivity contribution in [3.63, 3.8) is 0 Å². The van der Waals surface area contributed by atoms with Crippen LogP contribution in [-0.2, 0) is 0 Å². The van der Waals surface area contributed by atoms with E-state index in [1.54, 1.807) is 0 Å². The van der Waals surface area contributed by atoms with Crippen LogP contribution in [-0.4, -0.2) is 43.6 Å². The molecule has 22 heavy (non-hydrogen) atoms. The van der Waals surface area contributed by atoms with Crippen molar-refractivity contribution in [1.29, 1.82) is 0 Å². The van der Waals surface area contributed by atoms with Gasteiger partial charge in [0.1, 0.15) is 5.75 Å². The second-order valence-electron chi connectivity index (χ2n) is 5.92. The van der Waals surface area contributed by atoms with Crippen molar-refractivity contribution in [3.05, 3.63) is 29.8 Å². The van der Waals surface area contributed by atoms with Gasteiger partial charge in [-0.1, -0.05) is 19.9 Å². The van der Waals surface area contributed by atoms with E-state index in [9.17, 15) is 4.79 Å². The van der Waals surface area contributed by atoms with Crippen molar-refractivity contribution in [2.45, 2.75) is 33.1 Å².